The van der Waals surface area contributed by atoms with Crippen LogP contribution in [0.4, 0.5) is 18.9 Å². The molecule has 0 fully saturated rings. The van der Waals surface area contributed by atoms with Gasteiger partial charge in [-0.25, -0.2) is 4.79 Å². The number of amidine groups is 1. The lowest BCUT2D eigenvalue weighted by Crippen LogP contribution is -2.31. The number of nitrogens with zero attached hydrogens (tertiary/aromatic N) is 1. The third-order valence-electron chi connectivity index (χ3n) is 5.72. The maximum atomic E-state index is 13.7. The van der Waals surface area contributed by atoms with Crippen LogP contribution in [0.25, 0.3) is 0 Å². The lowest BCUT2D eigenvalue weighted by Gasteiger charge is -2.22. The van der Waals surface area contributed by atoms with Crippen molar-refractivity contribution < 1.29 is 41.7 Å². The molecule has 0 aliphatic rings. The Labute approximate surface area is 263 Å². The SMILES string of the molecule is C=CCOc1cc(CN/N=C(\N)c2ccccc2OC(=O)C(F)(F)F)c(C(=O)NNc2ccccc2)c(OCC=C)c1OCC=C. The zero-order valence-electron chi connectivity index (χ0n) is 24.6. The number of para-hydroxylation sites is 2. The number of hydrogen-bond donors (Lipinski definition) is 4. The number of ether oxygens (including phenoxy) is 4. The van der Waals surface area contributed by atoms with E-state index in [1.54, 1.807) is 24.3 Å². The number of nitrogens with two attached hydrogens (primary N) is 1. The number of esters is 1. The van der Waals surface area contributed by atoms with Crippen LogP contribution in [-0.4, -0.2) is 43.7 Å². The molecule has 1 amide bonds. The molecule has 0 aliphatic carbocycles. The summed E-state index contributed by atoms with van der Waals surface area (Å²) in [5, 5.41) is 4.04. The average molecular weight is 640 g/mol. The number of hydrogen-bond acceptors (Lipinski definition) is 9. The number of nitrogens with one attached hydrogen (secondary N) is 3. The summed E-state index contributed by atoms with van der Waals surface area (Å²) in [5.74, 6) is -3.47. The fourth-order valence-corrected chi connectivity index (χ4v) is 3.78. The first-order chi connectivity index (χ1) is 22.1. The molecular weight excluding hydrogens is 607 g/mol. The monoisotopic (exact) mass is 639 g/mol. The van der Waals surface area contributed by atoms with E-state index in [0.717, 1.165) is 6.07 Å². The van der Waals surface area contributed by atoms with Gasteiger partial charge in [-0.3, -0.25) is 15.6 Å². The molecule has 14 heteroatoms. The summed E-state index contributed by atoms with van der Waals surface area (Å²) in [6, 6.07) is 15.7. The largest absolute Gasteiger partial charge is 0.491 e. The van der Waals surface area contributed by atoms with E-state index in [9.17, 15) is 22.8 Å². The van der Waals surface area contributed by atoms with Crippen molar-refractivity contribution in [2.24, 2.45) is 10.8 Å². The summed E-state index contributed by atoms with van der Waals surface area (Å²) in [6.45, 7) is 11.0. The topological polar surface area (TPSA) is 146 Å². The Bertz CT molecular complexity index is 1580. The minimum Gasteiger partial charge on any atom is -0.485 e. The van der Waals surface area contributed by atoms with E-state index in [1.165, 1.54) is 42.5 Å². The van der Waals surface area contributed by atoms with Crippen LogP contribution in [-0.2, 0) is 11.3 Å². The maximum Gasteiger partial charge on any atom is 0.491 e. The lowest BCUT2D eigenvalue weighted by molar-refractivity contribution is -0.189. The molecule has 0 radical (unpaired) electrons. The highest BCUT2D eigenvalue weighted by Crippen LogP contribution is 2.43. The van der Waals surface area contributed by atoms with Crippen LogP contribution in [0.5, 0.6) is 23.0 Å². The molecule has 46 heavy (non-hydrogen) atoms. The lowest BCUT2D eigenvalue weighted by atomic mass is 10.0. The van der Waals surface area contributed by atoms with E-state index >= 15 is 0 Å². The van der Waals surface area contributed by atoms with Crippen LogP contribution in [0.1, 0.15) is 21.5 Å². The van der Waals surface area contributed by atoms with Gasteiger partial charge in [0.25, 0.3) is 5.91 Å². The van der Waals surface area contributed by atoms with Gasteiger partial charge >= 0.3 is 12.1 Å². The minimum atomic E-state index is -5.22. The molecule has 0 atom stereocenters. The van der Waals surface area contributed by atoms with Crippen molar-refractivity contribution in [1.29, 1.82) is 0 Å². The normalized spacial score (nSPS) is 11.1. The quantitative estimate of drug-likeness (QED) is 0.0400. The van der Waals surface area contributed by atoms with Gasteiger partial charge in [-0.1, -0.05) is 68.3 Å². The molecule has 0 saturated carbocycles. The van der Waals surface area contributed by atoms with Gasteiger partial charge in [0.05, 0.1) is 23.4 Å². The molecule has 0 aliphatic heterocycles. The standard InChI is InChI=1S/C32H32F3N5O6/c1-4-16-43-25-19-21(20-37-39-29(36)23-14-10-11-15-24(23)46-31(42)32(33,34)35)26(28(45-18-6-3)27(25)44-17-5-2)30(41)40-38-22-12-8-7-9-13-22/h4-15,19,37-38H,1-3,16-18,20H2,(H2,36,39)(H,40,41). The number of hydrazine groups is 1. The summed E-state index contributed by atoms with van der Waals surface area (Å²) in [6.07, 6.45) is -0.730. The second kappa shape index (κ2) is 16.8. The number of carbonyl (C=O) groups excluding carboxylic acids is 2. The van der Waals surface area contributed by atoms with Crippen LogP contribution in [0.15, 0.2) is 104 Å². The first-order valence-electron chi connectivity index (χ1n) is 13.6. The Hall–Kier alpha value is -5.92. The Morgan fingerprint density at radius 3 is 2.11 bits per heavy atom. The molecular formula is C32H32F3N5O6. The molecule has 3 aromatic rings. The zero-order chi connectivity index (χ0) is 33.5. The molecule has 0 saturated heterocycles. The van der Waals surface area contributed by atoms with Gasteiger partial charge in [-0.15, -0.1) is 0 Å². The van der Waals surface area contributed by atoms with Gasteiger partial charge in [0.2, 0.25) is 5.75 Å². The third-order valence-corrected chi connectivity index (χ3v) is 5.72. The van der Waals surface area contributed by atoms with Gasteiger partial charge in [0.1, 0.15) is 25.6 Å². The van der Waals surface area contributed by atoms with Gasteiger partial charge < -0.3 is 30.1 Å². The number of carbonyl (C=O) groups is 2. The summed E-state index contributed by atoms with van der Waals surface area (Å²) in [7, 11) is 0. The Kier molecular flexibility index (Phi) is 12.6. The van der Waals surface area contributed by atoms with Gasteiger partial charge in [0, 0.05) is 0 Å². The molecule has 0 spiro atoms. The van der Waals surface area contributed by atoms with E-state index in [0.29, 0.717) is 11.3 Å². The summed E-state index contributed by atoms with van der Waals surface area (Å²) < 4.78 is 60.5. The number of anilines is 1. The summed E-state index contributed by atoms with van der Waals surface area (Å²) >= 11 is 0. The molecule has 5 N–H and O–H groups in total. The van der Waals surface area contributed by atoms with E-state index in [4.69, 9.17) is 19.9 Å². The number of rotatable bonds is 17. The minimum absolute atomic E-state index is 0.00679. The third kappa shape index (κ3) is 9.54. The number of amides is 1. The molecule has 0 heterocycles. The first-order valence-corrected chi connectivity index (χ1v) is 13.6. The summed E-state index contributed by atoms with van der Waals surface area (Å²) in [5.41, 5.74) is 15.0. The molecule has 3 aromatic carbocycles. The Balaban J connectivity index is 2.04. The van der Waals surface area contributed by atoms with Crippen molar-refractivity contribution in [3.05, 3.63) is 115 Å². The number of benzene rings is 3. The Morgan fingerprint density at radius 2 is 1.46 bits per heavy atom. The first kappa shape index (κ1) is 34.6. The molecule has 242 valence electrons. The highest BCUT2D eigenvalue weighted by Gasteiger charge is 2.41. The highest BCUT2D eigenvalue weighted by atomic mass is 19.4. The maximum absolute atomic E-state index is 13.7. The second-order valence-electron chi connectivity index (χ2n) is 9.03. The second-order valence-corrected chi connectivity index (χ2v) is 9.03. The van der Waals surface area contributed by atoms with Crippen molar-refractivity contribution in [3.63, 3.8) is 0 Å². The molecule has 0 unspecified atom stereocenters. The van der Waals surface area contributed by atoms with Crippen molar-refractivity contribution in [2.45, 2.75) is 12.7 Å². The van der Waals surface area contributed by atoms with Crippen molar-refractivity contribution >= 4 is 23.4 Å². The van der Waals surface area contributed by atoms with E-state index in [1.807, 2.05) is 6.07 Å². The van der Waals surface area contributed by atoms with Crippen molar-refractivity contribution in [3.8, 4) is 23.0 Å². The van der Waals surface area contributed by atoms with Crippen molar-refractivity contribution in [1.82, 2.24) is 10.9 Å². The average Bonchev–Trinajstić information content (AvgIpc) is 3.04. The summed E-state index contributed by atoms with van der Waals surface area (Å²) in [4.78, 5) is 25.1. The van der Waals surface area contributed by atoms with Crippen LogP contribution < -0.4 is 41.0 Å². The zero-order valence-corrected chi connectivity index (χ0v) is 24.6. The van der Waals surface area contributed by atoms with Gasteiger partial charge in [-0.05, 0) is 35.9 Å². The van der Waals surface area contributed by atoms with Crippen LogP contribution in [0, 0.1) is 0 Å². The van der Waals surface area contributed by atoms with E-state index in [-0.39, 0.29) is 60.6 Å². The highest BCUT2D eigenvalue weighted by molar-refractivity contribution is 6.01. The Morgan fingerprint density at radius 1 is 0.848 bits per heavy atom. The number of hydrazone groups is 1. The van der Waals surface area contributed by atoms with E-state index < -0.39 is 23.8 Å². The van der Waals surface area contributed by atoms with Gasteiger partial charge in [-0.2, -0.15) is 18.3 Å². The smallest absolute Gasteiger partial charge is 0.485 e. The molecule has 0 bridgehead atoms. The van der Waals surface area contributed by atoms with Crippen LogP contribution in [0.3, 0.4) is 0 Å². The van der Waals surface area contributed by atoms with Crippen molar-refractivity contribution in [2.75, 3.05) is 25.2 Å². The van der Waals surface area contributed by atoms with Crippen LogP contribution in [0.2, 0.25) is 0 Å². The fraction of sp³-hybridized carbons (Fsp3) is 0.156. The fourth-order valence-electron chi connectivity index (χ4n) is 3.78. The predicted molar refractivity (Wildman–Crippen MR) is 167 cm³/mol. The molecule has 0 aromatic heterocycles. The number of halogens is 3. The molecule has 3 rings (SSSR count). The number of alkyl halides is 3. The van der Waals surface area contributed by atoms with Crippen LogP contribution >= 0.6 is 0 Å². The molecule has 11 nitrogen and oxygen atoms in total. The van der Waals surface area contributed by atoms with E-state index in [2.05, 4.69) is 45.9 Å². The predicted octanol–water partition coefficient (Wildman–Crippen LogP) is 5.02. The van der Waals surface area contributed by atoms with Gasteiger partial charge in [0.15, 0.2) is 17.3 Å².